The van der Waals surface area contributed by atoms with Crippen LogP contribution in [0.1, 0.15) is 36.1 Å². The summed E-state index contributed by atoms with van der Waals surface area (Å²) in [6, 6.07) is 6.47. The molecule has 16 heteroatoms. The van der Waals surface area contributed by atoms with Gasteiger partial charge in [0, 0.05) is 18.9 Å². The van der Waals surface area contributed by atoms with Crippen LogP contribution in [0.2, 0.25) is 0 Å². The van der Waals surface area contributed by atoms with Crippen LogP contribution < -0.4 is 26.0 Å². The van der Waals surface area contributed by atoms with Crippen molar-refractivity contribution < 1.29 is 23.6 Å². The molecule has 4 rings (SSSR count). The number of nitrogens with one attached hydrogen (secondary N) is 4. The minimum absolute atomic E-state index is 0.0785. The zero-order valence-corrected chi connectivity index (χ0v) is 20.6. The van der Waals surface area contributed by atoms with Crippen LogP contribution in [0.3, 0.4) is 0 Å². The zero-order valence-electron chi connectivity index (χ0n) is 20.6. The van der Waals surface area contributed by atoms with Crippen molar-refractivity contribution in [1.82, 2.24) is 31.0 Å². The predicted octanol–water partition coefficient (Wildman–Crippen LogP) is 0.110. The summed E-state index contributed by atoms with van der Waals surface area (Å²) in [5, 5.41) is 20.3. The minimum atomic E-state index is -2.01. The van der Waals surface area contributed by atoms with Crippen molar-refractivity contribution in [3.8, 4) is 17.2 Å². The Morgan fingerprint density at radius 3 is 2.58 bits per heavy atom. The zero-order chi connectivity index (χ0) is 27.4. The lowest BCUT2D eigenvalue weighted by Gasteiger charge is -2.23. The van der Waals surface area contributed by atoms with E-state index in [0.29, 0.717) is 17.0 Å². The molecule has 1 aliphatic rings. The molecular formula is C22H21B3N8O5. The molecule has 1 saturated carbocycles. The molecule has 3 amide bonds. The van der Waals surface area contributed by atoms with E-state index in [4.69, 9.17) is 32.8 Å². The lowest BCUT2D eigenvalue weighted by atomic mass is 9.49. The Hall–Kier alpha value is -4.36. The van der Waals surface area contributed by atoms with E-state index >= 15 is 0 Å². The Kier molecular flexibility index (Phi) is 7.69. The summed E-state index contributed by atoms with van der Waals surface area (Å²) in [4.78, 5) is 40.5. The lowest BCUT2D eigenvalue weighted by Crippen LogP contribution is -2.50. The first-order valence-corrected chi connectivity index (χ1v) is 11.4. The quantitative estimate of drug-likeness (QED) is 0.275. The van der Waals surface area contributed by atoms with Crippen LogP contribution in [0.15, 0.2) is 28.8 Å². The third kappa shape index (κ3) is 6.69. The fraction of sp³-hybridized carbons (Fsp3) is 0.318. The van der Waals surface area contributed by atoms with Gasteiger partial charge >= 0.3 is 0 Å². The van der Waals surface area contributed by atoms with E-state index < -0.39 is 11.1 Å². The molecule has 1 aromatic carbocycles. The van der Waals surface area contributed by atoms with Gasteiger partial charge < -0.3 is 30.5 Å². The van der Waals surface area contributed by atoms with E-state index in [1.54, 1.807) is 18.2 Å². The number of nitrogens with zero attached hydrogens (tertiary/aromatic N) is 4. The van der Waals surface area contributed by atoms with Gasteiger partial charge in [0.15, 0.2) is 23.1 Å². The van der Waals surface area contributed by atoms with Crippen molar-refractivity contribution in [1.29, 1.82) is 0 Å². The van der Waals surface area contributed by atoms with E-state index in [2.05, 4.69) is 41.6 Å². The summed E-state index contributed by atoms with van der Waals surface area (Å²) in [6.45, 7) is 1.46. The number of hydrogen-bond donors (Lipinski definition) is 4. The molecule has 6 radical (unpaired) electrons. The minimum Gasteiger partial charge on any atom is -0.494 e. The Morgan fingerprint density at radius 1 is 1.16 bits per heavy atom. The number of ether oxygens (including phenoxy) is 1. The second-order valence-electron chi connectivity index (χ2n) is 8.58. The van der Waals surface area contributed by atoms with Crippen molar-refractivity contribution >= 4 is 58.5 Å². The SMILES string of the molecule is [B]C([B])([B])NC(=O)c1nnc(NC(=O)C2CC2)cc1Nc1cccc(-c2nc(CNC(C)=O)no2)c1OC. The highest BCUT2D eigenvalue weighted by Crippen LogP contribution is 2.38. The molecule has 1 aliphatic carbocycles. The van der Waals surface area contributed by atoms with Gasteiger partial charge in [0.05, 0.1) is 54.1 Å². The third-order valence-corrected chi connectivity index (χ3v) is 5.22. The van der Waals surface area contributed by atoms with E-state index in [1.165, 1.54) is 20.1 Å². The molecule has 0 saturated heterocycles. The highest BCUT2D eigenvalue weighted by molar-refractivity contribution is 6.60. The van der Waals surface area contributed by atoms with Crippen LogP contribution >= 0.6 is 0 Å². The summed E-state index contributed by atoms with van der Waals surface area (Å²) in [5.41, 5.74) is 0.745. The first-order chi connectivity index (χ1) is 18.0. The maximum atomic E-state index is 12.8. The smallest absolute Gasteiger partial charge is 0.272 e. The van der Waals surface area contributed by atoms with Crippen molar-refractivity contribution in [3.05, 3.63) is 35.8 Å². The molecule has 188 valence electrons. The second kappa shape index (κ2) is 10.9. The molecule has 2 aromatic heterocycles. The number of carbonyl (C=O) groups is 3. The summed E-state index contributed by atoms with van der Waals surface area (Å²) in [5.74, 6) is -0.526. The first-order valence-electron chi connectivity index (χ1n) is 11.4. The van der Waals surface area contributed by atoms with Crippen LogP contribution in [0, 0.1) is 5.92 Å². The van der Waals surface area contributed by atoms with Gasteiger partial charge in [-0.3, -0.25) is 14.4 Å². The van der Waals surface area contributed by atoms with E-state index in [0.717, 1.165) is 12.8 Å². The predicted molar refractivity (Wildman–Crippen MR) is 138 cm³/mol. The van der Waals surface area contributed by atoms with Crippen LogP contribution in [-0.2, 0) is 16.1 Å². The molecule has 0 aliphatic heterocycles. The number of anilines is 3. The number of amides is 3. The van der Waals surface area contributed by atoms with Gasteiger partial charge in [-0.2, -0.15) is 4.98 Å². The van der Waals surface area contributed by atoms with E-state index in [-0.39, 0.29) is 53.2 Å². The van der Waals surface area contributed by atoms with Crippen molar-refractivity contribution in [2.24, 2.45) is 5.92 Å². The van der Waals surface area contributed by atoms with E-state index in [1.807, 2.05) is 0 Å². The van der Waals surface area contributed by atoms with Gasteiger partial charge in [-0.1, -0.05) is 16.5 Å². The molecule has 0 unspecified atom stereocenters. The fourth-order valence-corrected chi connectivity index (χ4v) is 3.35. The molecule has 4 N–H and O–H groups in total. The lowest BCUT2D eigenvalue weighted by molar-refractivity contribution is -0.119. The monoisotopic (exact) mass is 510 g/mol. The average Bonchev–Trinajstić information content (AvgIpc) is 3.59. The van der Waals surface area contributed by atoms with Gasteiger partial charge in [-0.05, 0) is 25.0 Å². The van der Waals surface area contributed by atoms with Crippen molar-refractivity contribution in [2.45, 2.75) is 31.5 Å². The summed E-state index contributed by atoms with van der Waals surface area (Å²) in [6.07, 6.45) is 1.59. The molecule has 0 spiro atoms. The first kappa shape index (κ1) is 26.7. The Morgan fingerprint density at radius 2 is 1.92 bits per heavy atom. The average molecular weight is 510 g/mol. The molecule has 0 bridgehead atoms. The normalized spacial score (nSPS) is 12.9. The summed E-state index contributed by atoms with van der Waals surface area (Å²) < 4.78 is 10.9. The van der Waals surface area contributed by atoms with Crippen LogP contribution in [0.4, 0.5) is 17.2 Å². The highest BCUT2D eigenvalue weighted by Gasteiger charge is 2.30. The topological polar surface area (TPSA) is 173 Å². The maximum absolute atomic E-state index is 12.8. The number of methoxy groups -OCH3 is 1. The number of hydrogen-bond acceptors (Lipinski definition) is 10. The molecule has 2 heterocycles. The number of benzene rings is 1. The van der Waals surface area contributed by atoms with Gasteiger partial charge in [0.2, 0.25) is 11.8 Å². The molecule has 38 heavy (non-hydrogen) atoms. The van der Waals surface area contributed by atoms with Gasteiger partial charge in [-0.15, -0.1) is 10.2 Å². The van der Waals surface area contributed by atoms with Gasteiger partial charge in [0.1, 0.15) is 0 Å². The van der Waals surface area contributed by atoms with Crippen LogP contribution in [0.5, 0.6) is 5.75 Å². The van der Waals surface area contributed by atoms with Crippen LogP contribution in [-0.4, -0.2) is 73.9 Å². The number of carbonyl (C=O) groups excluding carboxylic acids is 3. The molecular weight excluding hydrogens is 489 g/mol. The standard InChI is InChI=1S/C22H21B3N8O5/c1-10(34)26-9-16-29-21(38-33-16)12-4-3-5-13(18(12)37-2)27-14-8-15(28-19(35)11-6-7-11)31-32-17(14)20(36)30-22(23,24)25/h3-5,8,11H,6-7,9H2,1-2H3,(H,26,34)(H,30,36)(H2,27,28,31,35). The number of para-hydroxylation sites is 1. The largest absolute Gasteiger partial charge is 0.494 e. The molecule has 1 fully saturated rings. The van der Waals surface area contributed by atoms with Crippen molar-refractivity contribution in [2.75, 3.05) is 17.7 Å². The number of aromatic nitrogens is 4. The molecule has 3 aromatic rings. The Balaban J connectivity index is 1.68. The second-order valence-corrected chi connectivity index (χ2v) is 8.58. The summed E-state index contributed by atoms with van der Waals surface area (Å²) in [7, 11) is 18.0. The Labute approximate surface area is 221 Å². The maximum Gasteiger partial charge on any atom is 0.272 e. The van der Waals surface area contributed by atoms with E-state index in [9.17, 15) is 14.4 Å². The van der Waals surface area contributed by atoms with Gasteiger partial charge in [-0.25, -0.2) is 0 Å². The molecule has 0 atom stereocenters. The Bertz CT molecular complexity index is 1370. The highest BCUT2D eigenvalue weighted by atomic mass is 16.5. The van der Waals surface area contributed by atoms with Crippen LogP contribution in [0.25, 0.3) is 11.5 Å². The van der Waals surface area contributed by atoms with Gasteiger partial charge in [0.25, 0.3) is 11.8 Å². The fourth-order valence-electron chi connectivity index (χ4n) is 3.35. The third-order valence-electron chi connectivity index (χ3n) is 5.22. The summed E-state index contributed by atoms with van der Waals surface area (Å²) >= 11 is 0. The number of rotatable bonds is 10. The van der Waals surface area contributed by atoms with Crippen molar-refractivity contribution in [3.63, 3.8) is 0 Å². The molecule has 13 nitrogen and oxygen atoms in total.